The van der Waals surface area contributed by atoms with Gasteiger partial charge in [-0.05, 0) is 23.1 Å². The monoisotopic (exact) mass is 352 g/mol. The second-order valence-electron chi connectivity index (χ2n) is 6.85. The zero-order valence-electron chi connectivity index (χ0n) is 14.5. The minimum Gasteiger partial charge on any atom is -0.453 e. The highest BCUT2D eigenvalue weighted by Crippen LogP contribution is 2.49. The Morgan fingerprint density at radius 1 is 1.27 bits per heavy atom. The number of carbonyl (C=O) groups is 2. The first-order valence-electron chi connectivity index (χ1n) is 8.64. The summed E-state index contributed by atoms with van der Waals surface area (Å²) in [5.74, 6) is -0.838. The number of hydrogen-bond acceptors (Lipinski definition) is 5. The Kier molecular flexibility index (Phi) is 4.13. The van der Waals surface area contributed by atoms with Gasteiger partial charge < -0.3 is 14.6 Å². The average Bonchev–Trinajstić information content (AvgIpc) is 3.10. The fourth-order valence-corrected chi connectivity index (χ4v) is 4.32. The number of methoxy groups -OCH3 is 1. The molecule has 1 N–H and O–H groups in total. The van der Waals surface area contributed by atoms with E-state index < -0.39 is 12.1 Å². The maximum atomic E-state index is 12.8. The number of rotatable bonds is 3. The van der Waals surface area contributed by atoms with Crippen molar-refractivity contribution in [1.82, 2.24) is 0 Å². The zero-order valence-corrected chi connectivity index (χ0v) is 14.5. The molecule has 3 atom stereocenters. The van der Waals surface area contributed by atoms with Gasteiger partial charge in [0.1, 0.15) is 6.10 Å². The number of hydrogen-bond donors (Lipinski definition) is 1. The Morgan fingerprint density at radius 3 is 2.65 bits per heavy atom. The third-order valence-corrected chi connectivity index (χ3v) is 5.55. The van der Waals surface area contributed by atoms with Gasteiger partial charge in [-0.25, -0.2) is 4.79 Å². The van der Waals surface area contributed by atoms with E-state index in [1.165, 1.54) is 0 Å². The minimum atomic E-state index is -0.611. The van der Waals surface area contributed by atoms with Crippen molar-refractivity contribution in [2.45, 2.75) is 25.0 Å². The first-order valence-corrected chi connectivity index (χ1v) is 8.64. The lowest BCUT2D eigenvalue weighted by Crippen LogP contribution is -2.31. The molecule has 5 nitrogen and oxygen atoms in total. The van der Waals surface area contributed by atoms with E-state index in [1.807, 2.05) is 30.3 Å². The first-order chi connectivity index (χ1) is 12.6. The first kappa shape index (κ1) is 16.9. The van der Waals surface area contributed by atoms with E-state index in [0.717, 1.165) is 16.7 Å². The second kappa shape index (κ2) is 6.34. The molecular formula is C21H20O5. The molecule has 5 heteroatoms. The Bertz CT molecular complexity index is 862. The van der Waals surface area contributed by atoms with Crippen molar-refractivity contribution in [2.24, 2.45) is 5.92 Å². The summed E-state index contributed by atoms with van der Waals surface area (Å²) in [5, 5.41) is 9.92. The molecule has 0 radical (unpaired) electrons. The predicted molar refractivity (Wildman–Crippen MR) is 95.0 cm³/mol. The smallest absolute Gasteiger partial charge is 0.334 e. The van der Waals surface area contributed by atoms with E-state index in [2.05, 4.69) is 6.58 Å². The normalized spacial score (nSPS) is 28.2. The maximum Gasteiger partial charge on any atom is 0.334 e. The van der Waals surface area contributed by atoms with Gasteiger partial charge in [-0.15, -0.1) is 0 Å². The van der Waals surface area contributed by atoms with E-state index in [4.69, 9.17) is 9.47 Å². The molecule has 1 aromatic carbocycles. The van der Waals surface area contributed by atoms with Gasteiger partial charge in [0.25, 0.3) is 0 Å². The van der Waals surface area contributed by atoms with E-state index in [1.54, 1.807) is 7.11 Å². The van der Waals surface area contributed by atoms with Crippen molar-refractivity contribution in [1.29, 1.82) is 0 Å². The number of benzene rings is 1. The van der Waals surface area contributed by atoms with Gasteiger partial charge in [-0.1, -0.05) is 36.9 Å². The molecule has 1 heterocycles. The van der Waals surface area contributed by atoms with Crippen LogP contribution in [0.2, 0.25) is 0 Å². The predicted octanol–water partition coefficient (Wildman–Crippen LogP) is 2.22. The van der Waals surface area contributed by atoms with E-state index in [9.17, 15) is 14.7 Å². The molecule has 0 amide bonds. The van der Waals surface area contributed by atoms with Crippen molar-refractivity contribution in [3.8, 4) is 0 Å². The fourth-order valence-electron chi connectivity index (χ4n) is 4.32. The largest absolute Gasteiger partial charge is 0.453 e. The Balaban J connectivity index is 1.98. The summed E-state index contributed by atoms with van der Waals surface area (Å²) in [4.78, 5) is 25.1. The average molecular weight is 352 g/mol. The number of carbonyl (C=O) groups excluding carboxylic acids is 2. The Hall–Kier alpha value is -2.50. The lowest BCUT2D eigenvalue weighted by atomic mass is 9.85. The molecule has 0 aromatic heterocycles. The van der Waals surface area contributed by atoms with Crippen LogP contribution in [0.3, 0.4) is 0 Å². The quantitative estimate of drug-likeness (QED) is 0.667. The fraction of sp³-hybridized carbons (Fsp3) is 0.333. The highest BCUT2D eigenvalue weighted by Gasteiger charge is 2.51. The van der Waals surface area contributed by atoms with Crippen molar-refractivity contribution in [3.05, 3.63) is 64.8 Å². The number of aliphatic hydroxyl groups is 1. The van der Waals surface area contributed by atoms with Crippen molar-refractivity contribution < 1.29 is 24.2 Å². The van der Waals surface area contributed by atoms with Crippen molar-refractivity contribution in [3.63, 3.8) is 0 Å². The van der Waals surface area contributed by atoms with Gasteiger partial charge in [0.15, 0.2) is 5.78 Å². The molecule has 0 spiro atoms. The number of fused-ring (bicyclic) bond motifs is 3. The molecule has 1 fully saturated rings. The third kappa shape index (κ3) is 2.39. The molecule has 0 bridgehead atoms. The Morgan fingerprint density at radius 2 is 2.00 bits per heavy atom. The van der Waals surface area contributed by atoms with Crippen LogP contribution in [0.25, 0.3) is 5.57 Å². The highest BCUT2D eigenvalue weighted by molar-refractivity contribution is 6.27. The van der Waals surface area contributed by atoms with Crippen LogP contribution in [0.4, 0.5) is 0 Å². The lowest BCUT2D eigenvalue weighted by Gasteiger charge is -2.24. The molecule has 3 aliphatic rings. The van der Waals surface area contributed by atoms with Crippen molar-refractivity contribution >= 4 is 17.3 Å². The standard InChI is InChI=1S/C21H20O5/c1-11-17-16(25-2)8-13(10-22)14-9-15(23)18(12-6-4-3-5-7-12)19(14)20(17)26-21(11)24/h3-7,16-17,20,22H,1,8-10H2,2H3/t16?,17-,20+/m0/s1. The van der Waals surface area contributed by atoms with Crippen molar-refractivity contribution in [2.75, 3.05) is 13.7 Å². The zero-order chi connectivity index (χ0) is 18.4. The lowest BCUT2D eigenvalue weighted by molar-refractivity contribution is -0.138. The number of esters is 1. The van der Waals surface area contributed by atoms with Crippen LogP contribution >= 0.6 is 0 Å². The van der Waals surface area contributed by atoms with Gasteiger partial charge in [0.2, 0.25) is 0 Å². The molecule has 1 unspecified atom stereocenters. The summed E-state index contributed by atoms with van der Waals surface area (Å²) in [6.45, 7) is 3.74. The third-order valence-electron chi connectivity index (χ3n) is 5.55. The number of allylic oxidation sites excluding steroid dienone is 1. The van der Waals surface area contributed by atoms with Gasteiger partial charge >= 0.3 is 5.97 Å². The molecule has 26 heavy (non-hydrogen) atoms. The molecule has 4 rings (SSSR count). The molecule has 2 aliphatic carbocycles. The maximum absolute atomic E-state index is 12.8. The SMILES string of the molecule is C=C1C(=O)O[C@H]2C3=C(c4ccccc4)C(=O)CC3=C(CO)CC(OC)[C@H]12. The van der Waals surface area contributed by atoms with E-state index in [0.29, 0.717) is 23.1 Å². The molecule has 0 saturated carbocycles. The molecular weight excluding hydrogens is 332 g/mol. The topological polar surface area (TPSA) is 72.8 Å². The summed E-state index contributed by atoms with van der Waals surface area (Å²) in [6, 6.07) is 9.38. The Labute approximate surface area is 151 Å². The summed E-state index contributed by atoms with van der Waals surface area (Å²) in [7, 11) is 1.58. The van der Waals surface area contributed by atoms with E-state index >= 15 is 0 Å². The second-order valence-corrected chi connectivity index (χ2v) is 6.85. The van der Waals surface area contributed by atoms with Gasteiger partial charge in [0.05, 0.1) is 18.6 Å². The van der Waals surface area contributed by atoms with Crippen LogP contribution in [0, 0.1) is 5.92 Å². The van der Waals surface area contributed by atoms with Gasteiger partial charge in [-0.2, -0.15) is 0 Å². The number of Topliss-reactive ketones (excluding diaryl/α,β-unsaturated/α-hetero) is 1. The van der Waals surface area contributed by atoms with Gasteiger partial charge in [-0.3, -0.25) is 4.79 Å². The molecule has 134 valence electrons. The van der Waals surface area contributed by atoms with Crippen LogP contribution < -0.4 is 0 Å². The molecule has 1 aromatic rings. The number of ether oxygens (including phenoxy) is 2. The van der Waals surface area contributed by atoms with Crippen LogP contribution in [-0.4, -0.2) is 42.8 Å². The van der Waals surface area contributed by atoms with Crippen LogP contribution in [0.5, 0.6) is 0 Å². The van der Waals surface area contributed by atoms with Crippen LogP contribution in [0.15, 0.2) is 59.2 Å². The van der Waals surface area contributed by atoms with Crippen LogP contribution in [0.1, 0.15) is 18.4 Å². The summed E-state index contributed by atoms with van der Waals surface area (Å²) >= 11 is 0. The summed E-state index contributed by atoms with van der Waals surface area (Å²) < 4.78 is 11.3. The summed E-state index contributed by atoms with van der Waals surface area (Å²) in [5.41, 5.74) is 3.99. The number of aliphatic hydroxyl groups excluding tert-OH is 1. The summed E-state index contributed by atoms with van der Waals surface area (Å²) in [6.07, 6.45) is -0.295. The molecule has 1 saturated heterocycles. The number of ketones is 1. The highest BCUT2D eigenvalue weighted by atomic mass is 16.6. The van der Waals surface area contributed by atoms with E-state index in [-0.39, 0.29) is 30.8 Å². The minimum absolute atomic E-state index is 0.0182. The van der Waals surface area contributed by atoms with Crippen LogP contribution in [-0.2, 0) is 19.1 Å². The molecule has 1 aliphatic heterocycles. The van der Waals surface area contributed by atoms with Gasteiger partial charge in [0, 0.05) is 30.2 Å².